The molecule has 0 spiro atoms. The highest BCUT2D eigenvalue weighted by atomic mass is 14.7. The topological polar surface area (TPSA) is 12.4 Å². The van der Waals surface area contributed by atoms with E-state index in [1.54, 1.807) is 12.2 Å². The molecule has 0 saturated heterocycles. The number of rotatable bonds is 2. The van der Waals surface area contributed by atoms with E-state index < -0.39 is 0 Å². The lowest BCUT2D eigenvalue weighted by Gasteiger charge is -1.95. The van der Waals surface area contributed by atoms with Gasteiger partial charge >= 0.3 is 0 Å². The highest BCUT2D eigenvalue weighted by Gasteiger charge is 1.90. The second-order valence-corrected chi connectivity index (χ2v) is 2.33. The quantitative estimate of drug-likeness (QED) is 0.475. The van der Waals surface area contributed by atoms with Crippen molar-refractivity contribution in [3.63, 3.8) is 0 Å². The van der Waals surface area contributed by atoms with Crippen molar-refractivity contribution in [2.45, 2.75) is 6.92 Å². The molecule has 1 aromatic rings. The Bertz CT molecular complexity index is 260. The van der Waals surface area contributed by atoms with Crippen LogP contribution in [0.1, 0.15) is 12.5 Å². The predicted molar refractivity (Wildman–Crippen MR) is 61.6 cm³/mol. The number of nitrogens with zero attached hydrogens (tertiary/aromatic N) is 1. The van der Waals surface area contributed by atoms with Gasteiger partial charge in [0.15, 0.2) is 0 Å². The minimum atomic E-state index is 0.887. The number of hydrogen-bond donors (Lipinski definition) is 0. The van der Waals surface area contributed by atoms with Crippen LogP contribution in [0.4, 0.5) is 5.69 Å². The van der Waals surface area contributed by atoms with Gasteiger partial charge in [-0.3, -0.25) is 4.99 Å². The van der Waals surface area contributed by atoms with Gasteiger partial charge < -0.3 is 0 Å². The number of hydrogen-bond acceptors (Lipinski definition) is 1. The molecule has 0 unspecified atom stereocenters. The Morgan fingerprint density at radius 1 is 1.23 bits per heavy atom. The fourth-order valence-electron chi connectivity index (χ4n) is 0.804. The van der Waals surface area contributed by atoms with Gasteiger partial charge in [-0.2, -0.15) is 0 Å². The van der Waals surface area contributed by atoms with Crippen molar-refractivity contribution < 1.29 is 0 Å². The molecule has 1 aromatic carbocycles. The SMILES string of the molecule is C=CC.C=Cc1ccccc1N=C. The Kier molecular flexibility index (Phi) is 6.16. The van der Waals surface area contributed by atoms with Crippen LogP contribution in [0.3, 0.4) is 0 Å². The van der Waals surface area contributed by atoms with Crippen molar-refractivity contribution >= 4 is 18.5 Å². The first-order valence-corrected chi connectivity index (χ1v) is 4.05. The lowest BCUT2D eigenvalue weighted by molar-refractivity contribution is 1.53. The fraction of sp³-hybridized carbons (Fsp3) is 0.0833. The van der Waals surface area contributed by atoms with Gasteiger partial charge in [0.25, 0.3) is 0 Å². The van der Waals surface area contributed by atoms with Crippen LogP contribution in [0, 0.1) is 0 Å². The average molecular weight is 173 g/mol. The number of allylic oxidation sites excluding steroid dienone is 1. The minimum absolute atomic E-state index is 0.887. The van der Waals surface area contributed by atoms with Crippen molar-refractivity contribution in [3.05, 3.63) is 49.1 Å². The van der Waals surface area contributed by atoms with Crippen LogP contribution in [0.15, 0.2) is 48.5 Å². The maximum atomic E-state index is 3.82. The molecular formula is C12H15N. The van der Waals surface area contributed by atoms with Gasteiger partial charge in [0.2, 0.25) is 0 Å². The number of benzene rings is 1. The molecule has 68 valence electrons. The lowest BCUT2D eigenvalue weighted by Crippen LogP contribution is -1.70. The third-order valence-electron chi connectivity index (χ3n) is 1.33. The molecule has 1 heteroatoms. The molecule has 0 amide bonds. The highest BCUT2D eigenvalue weighted by Crippen LogP contribution is 2.17. The standard InChI is InChI=1S/C9H9N.C3H6/c1-3-8-6-4-5-7-9(8)10-2;1-3-2/h3-7H,1-2H2;3H,1H2,2H3. The van der Waals surface area contributed by atoms with Crippen LogP contribution >= 0.6 is 0 Å². The summed E-state index contributed by atoms with van der Waals surface area (Å²) in [6, 6.07) is 7.74. The predicted octanol–water partition coefficient (Wildman–Crippen LogP) is 3.85. The maximum Gasteiger partial charge on any atom is 0.0694 e. The third kappa shape index (κ3) is 4.06. The summed E-state index contributed by atoms with van der Waals surface area (Å²) >= 11 is 0. The number of aliphatic imine (C=N–C) groups is 1. The Morgan fingerprint density at radius 3 is 2.15 bits per heavy atom. The van der Waals surface area contributed by atoms with Crippen LogP contribution in [-0.2, 0) is 0 Å². The molecular weight excluding hydrogens is 158 g/mol. The summed E-state index contributed by atoms with van der Waals surface area (Å²) in [4.78, 5) is 3.82. The average Bonchev–Trinajstić information content (AvgIpc) is 2.19. The second-order valence-electron chi connectivity index (χ2n) is 2.33. The van der Waals surface area contributed by atoms with Crippen LogP contribution in [-0.4, -0.2) is 6.72 Å². The Morgan fingerprint density at radius 2 is 1.77 bits per heavy atom. The molecule has 0 N–H and O–H groups in total. The van der Waals surface area contributed by atoms with Gasteiger partial charge in [-0.1, -0.05) is 36.9 Å². The molecule has 0 atom stereocenters. The molecule has 0 aliphatic carbocycles. The van der Waals surface area contributed by atoms with E-state index in [4.69, 9.17) is 0 Å². The summed E-state index contributed by atoms with van der Waals surface area (Å²) < 4.78 is 0. The van der Waals surface area contributed by atoms with Gasteiger partial charge in [-0.15, -0.1) is 6.58 Å². The van der Waals surface area contributed by atoms with E-state index in [1.807, 2.05) is 31.2 Å². The van der Waals surface area contributed by atoms with Crippen molar-refractivity contribution in [1.82, 2.24) is 0 Å². The normalized spacial score (nSPS) is 7.77. The minimum Gasteiger partial charge on any atom is -0.264 e. The van der Waals surface area contributed by atoms with Crippen LogP contribution in [0.25, 0.3) is 6.08 Å². The smallest absolute Gasteiger partial charge is 0.0694 e. The Hall–Kier alpha value is -1.63. The molecule has 0 aliphatic rings. The summed E-state index contributed by atoms with van der Waals surface area (Å²) in [5.41, 5.74) is 1.91. The zero-order chi connectivity index (χ0) is 10.1. The molecule has 1 nitrogen and oxygen atoms in total. The number of para-hydroxylation sites is 1. The molecule has 13 heavy (non-hydrogen) atoms. The molecule has 0 aliphatic heterocycles. The third-order valence-corrected chi connectivity index (χ3v) is 1.33. The van der Waals surface area contributed by atoms with Gasteiger partial charge in [-0.05, 0) is 25.3 Å². The first-order valence-electron chi connectivity index (χ1n) is 4.05. The van der Waals surface area contributed by atoms with E-state index in [0.717, 1.165) is 11.3 Å². The summed E-state index contributed by atoms with van der Waals surface area (Å²) in [6.07, 6.45) is 3.52. The summed E-state index contributed by atoms with van der Waals surface area (Å²) in [5.74, 6) is 0. The Balaban J connectivity index is 0.000000424. The van der Waals surface area contributed by atoms with Gasteiger partial charge in [-0.25, -0.2) is 0 Å². The van der Waals surface area contributed by atoms with E-state index in [2.05, 4.69) is 24.9 Å². The zero-order valence-corrected chi connectivity index (χ0v) is 8.03. The Labute approximate surface area is 80.1 Å². The fourth-order valence-corrected chi connectivity index (χ4v) is 0.804. The first kappa shape index (κ1) is 11.4. The second kappa shape index (κ2) is 7.04. The highest BCUT2D eigenvalue weighted by molar-refractivity contribution is 5.64. The van der Waals surface area contributed by atoms with Crippen molar-refractivity contribution in [1.29, 1.82) is 0 Å². The largest absolute Gasteiger partial charge is 0.264 e. The van der Waals surface area contributed by atoms with Crippen LogP contribution < -0.4 is 0 Å². The van der Waals surface area contributed by atoms with E-state index in [9.17, 15) is 0 Å². The van der Waals surface area contributed by atoms with Gasteiger partial charge in [0.05, 0.1) is 5.69 Å². The van der Waals surface area contributed by atoms with Crippen molar-refractivity contribution in [2.75, 3.05) is 0 Å². The van der Waals surface area contributed by atoms with Gasteiger partial charge in [0, 0.05) is 0 Å². The summed E-state index contributed by atoms with van der Waals surface area (Å²) in [7, 11) is 0. The molecule has 1 rings (SSSR count). The van der Waals surface area contributed by atoms with Crippen LogP contribution in [0.2, 0.25) is 0 Å². The molecule has 0 aromatic heterocycles. The maximum absolute atomic E-state index is 3.82. The lowest BCUT2D eigenvalue weighted by atomic mass is 10.2. The molecule has 0 radical (unpaired) electrons. The van der Waals surface area contributed by atoms with Crippen molar-refractivity contribution in [2.24, 2.45) is 4.99 Å². The van der Waals surface area contributed by atoms with E-state index in [1.165, 1.54) is 0 Å². The summed E-state index contributed by atoms with van der Waals surface area (Å²) in [6.45, 7) is 12.3. The zero-order valence-electron chi connectivity index (χ0n) is 8.03. The van der Waals surface area contributed by atoms with Crippen LogP contribution in [0.5, 0.6) is 0 Å². The first-order chi connectivity index (χ1) is 6.29. The van der Waals surface area contributed by atoms with E-state index in [0.29, 0.717) is 0 Å². The van der Waals surface area contributed by atoms with Gasteiger partial charge in [0.1, 0.15) is 0 Å². The summed E-state index contributed by atoms with van der Waals surface area (Å²) in [5, 5.41) is 0. The van der Waals surface area contributed by atoms with E-state index >= 15 is 0 Å². The molecule has 0 fully saturated rings. The monoisotopic (exact) mass is 173 g/mol. The molecule has 0 saturated carbocycles. The molecule has 0 heterocycles. The van der Waals surface area contributed by atoms with E-state index in [-0.39, 0.29) is 0 Å². The van der Waals surface area contributed by atoms with Crippen molar-refractivity contribution in [3.8, 4) is 0 Å². The molecule has 0 bridgehead atoms.